The van der Waals surface area contributed by atoms with E-state index >= 15 is 0 Å². The first kappa shape index (κ1) is 15.8. The van der Waals surface area contributed by atoms with Crippen molar-refractivity contribution in [3.8, 4) is 0 Å². The van der Waals surface area contributed by atoms with Crippen LogP contribution < -0.4 is 5.32 Å². The normalized spacial score (nSPS) is 15.7. The summed E-state index contributed by atoms with van der Waals surface area (Å²) < 4.78 is 5.81. The van der Waals surface area contributed by atoms with E-state index in [-0.39, 0.29) is 18.6 Å². The Morgan fingerprint density at radius 2 is 2.14 bits per heavy atom. The lowest BCUT2D eigenvalue weighted by Crippen LogP contribution is -2.36. The molecule has 1 amide bonds. The molecule has 0 spiro atoms. The summed E-state index contributed by atoms with van der Waals surface area (Å²) in [5, 5.41) is 2.83. The van der Waals surface area contributed by atoms with Crippen molar-refractivity contribution in [2.45, 2.75) is 25.8 Å². The van der Waals surface area contributed by atoms with Crippen LogP contribution in [0.5, 0.6) is 0 Å². The van der Waals surface area contributed by atoms with Crippen LogP contribution in [0.1, 0.15) is 25.3 Å². The van der Waals surface area contributed by atoms with Crippen molar-refractivity contribution >= 4 is 33.9 Å². The van der Waals surface area contributed by atoms with Crippen molar-refractivity contribution in [1.82, 2.24) is 5.32 Å². The zero-order valence-electron chi connectivity index (χ0n) is 11.8. The predicted molar refractivity (Wildman–Crippen MR) is 84.5 cm³/mol. The second kappa shape index (κ2) is 7.41. The summed E-state index contributed by atoms with van der Waals surface area (Å²) in [6, 6.07) is 7.69. The lowest BCUT2D eigenvalue weighted by Gasteiger charge is -2.12. The van der Waals surface area contributed by atoms with Crippen molar-refractivity contribution in [3.05, 3.63) is 40.4 Å². The minimum atomic E-state index is -0.528. The molecular weight excluding hydrogens is 334 g/mol. The average Bonchev–Trinajstić information content (AvgIpc) is 3.29. The van der Waals surface area contributed by atoms with Crippen LogP contribution in [0.3, 0.4) is 0 Å². The number of nitrogens with one attached hydrogen (secondary N) is 1. The largest absolute Gasteiger partial charge is 0.452 e. The summed E-state index contributed by atoms with van der Waals surface area (Å²) in [4.78, 5) is 23.2. The van der Waals surface area contributed by atoms with Crippen LogP contribution in [0.2, 0.25) is 0 Å². The third-order valence-corrected chi connectivity index (χ3v) is 4.09. The van der Waals surface area contributed by atoms with E-state index in [0.717, 1.165) is 22.9 Å². The van der Waals surface area contributed by atoms with E-state index in [1.165, 1.54) is 6.08 Å². The van der Waals surface area contributed by atoms with Gasteiger partial charge in [-0.05, 0) is 43.4 Å². The molecule has 0 aliphatic heterocycles. The van der Waals surface area contributed by atoms with Gasteiger partial charge in [0.15, 0.2) is 6.61 Å². The summed E-state index contributed by atoms with van der Waals surface area (Å²) in [7, 11) is 0. The first-order valence-corrected chi connectivity index (χ1v) is 7.74. The first-order valence-electron chi connectivity index (χ1n) is 6.95. The van der Waals surface area contributed by atoms with Crippen molar-refractivity contribution in [1.29, 1.82) is 0 Å². The topological polar surface area (TPSA) is 55.4 Å². The first-order chi connectivity index (χ1) is 10.1. The second-order valence-electron chi connectivity index (χ2n) is 5.16. The fraction of sp³-hybridized carbons (Fsp3) is 0.375. The summed E-state index contributed by atoms with van der Waals surface area (Å²) >= 11 is 3.39. The molecule has 0 aromatic heterocycles. The Morgan fingerprint density at radius 3 is 2.81 bits per heavy atom. The monoisotopic (exact) mass is 351 g/mol. The van der Waals surface area contributed by atoms with Gasteiger partial charge in [0.05, 0.1) is 0 Å². The van der Waals surface area contributed by atoms with Gasteiger partial charge in [-0.25, -0.2) is 4.79 Å². The Balaban J connectivity index is 1.74. The molecule has 1 fully saturated rings. The van der Waals surface area contributed by atoms with Gasteiger partial charge in [-0.3, -0.25) is 4.79 Å². The fourth-order valence-corrected chi connectivity index (χ4v) is 2.38. The van der Waals surface area contributed by atoms with Crippen LogP contribution in [0.4, 0.5) is 0 Å². The highest BCUT2D eigenvalue weighted by molar-refractivity contribution is 9.10. The maximum absolute atomic E-state index is 11.6. The Morgan fingerprint density at radius 1 is 1.43 bits per heavy atom. The molecule has 5 heteroatoms. The van der Waals surface area contributed by atoms with Crippen LogP contribution in [0.25, 0.3) is 6.08 Å². The molecule has 1 aromatic rings. The molecule has 0 heterocycles. The fourth-order valence-electron chi connectivity index (χ4n) is 1.96. The number of ether oxygens (including phenoxy) is 1. The van der Waals surface area contributed by atoms with E-state index in [0.29, 0.717) is 5.92 Å². The highest BCUT2D eigenvalue weighted by Crippen LogP contribution is 2.32. The smallest absolute Gasteiger partial charge is 0.331 e. The Hall–Kier alpha value is -1.62. The number of halogens is 1. The van der Waals surface area contributed by atoms with Crippen LogP contribution in [0.15, 0.2) is 34.8 Å². The SMILES string of the molecule is C[C@H](NC(=O)COC(=O)/C=C/c1ccccc1Br)C1CC1. The third kappa shape index (κ3) is 5.34. The molecule has 0 saturated heterocycles. The molecule has 21 heavy (non-hydrogen) atoms. The average molecular weight is 352 g/mol. The molecule has 0 unspecified atom stereocenters. The van der Waals surface area contributed by atoms with Gasteiger partial charge in [0.1, 0.15) is 0 Å². The zero-order chi connectivity index (χ0) is 15.2. The number of rotatable bonds is 6. The highest BCUT2D eigenvalue weighted by atomic mass is 79.9. The molecule has 1 aliphatic carbocycles. The van der Waals surface area contributed by atoms with Gasteiger partial charge in [0.2, 0.25) is 0 Å². The maximum atomic E-state index is 11.6. The van der Waals surface area contributed by atoms with Gasteiger partial charge in [0.25, 0.3) is 5.91 Å². The number of carbonyl (C=O) groups is 2. The number of hydrogen-bond acceptors (Lipinski definition) is 3. The maximum Gasteiger partial charge on any atom is 0.331 e. The quantitative estimate of drug-likeness (QED) is 0.633. The Labute approximate surface area is 132 Å². The van der Waals surface area contributed by atoms with Gasteiger partial charge >= 0.3 is 5.97 Å². The van der Waals surface area contributed by atoms with E-state index < -0.39 is 5.97 Å². The molecule has 0 bridgehead atoms. The van der Waals surface area contributed by atoms with Gasteiger partial charge in [0, 0.05) is 16.6 Å². The van der Waals surface area contributed by atoms with E-state index in [1.807, 2.05) is 31.2 Å². The van der Waals surface area contributed by atoms with Gasteiger partial charge in [-0.1, -0.05) is 34.1 Å². The molecule has 1 aliphatic rings. The molecule has 4 nitrogen and oxygen atoms in total. The number of esters is 1. The number of amides is 1. The van der Waals surface area contributed by atoms with Crippen LogP contribution in [0, 0.1) is 5.92 Å². The number of benzene rings is 1. The molecule has 1 N–H and O–H groups in total. The standard InChI is InChI=1S/C16H18BrNO3/c1-11(12-6-7-12)18-15(19)10-21-16(20)9-8-13-4-2-3-5-14(13)17/h2-5,8-9,11-12H,6-7,10H2,1H3,(H,18,19)/b9-8+/t11-/m0/s1. The van der Waals surface area contributed by atoms with Crippen molar-refractivity contribution in [2.24, 2.45) is 5.92 Å². The predicted octanol–water partition coefficient (Wildman–Crippen LogP) is 2.92. The van der Waals surface area contributed by atoms with Crippen LogP contribution in [-0.4, -0.2) is 24.5 Å². The summed E-state index contributed by atoms with van der Waals surface area (Å²) in [5.41, 5.74) is 0.876. The summed E-state index contributed by atoms with van der Waals surface area (Å²) in [5.74, 6) is -0.197. The van der Waals surface area contributed by atoms with Crippen molar-refractivity contribution < 1.29 is 14.3 Å². The Kier molecular flexibility index (Phi) is 5.56. The lowest BCUT2D eigenvalue weighted by atomic mass is 10.2. The van der Waals surface area contributed by atoms with E-state index in [4.69, 9.17) is 4.74 Å². The molecule has 0 radical (unpaired) electrons. The van der Waals surface area contributed by atoms with Gasteiger partial charge < -0.3 is 10.1 Å². The number of hydrogen-bond donors (Lipinski definition) is 1. The molecule has 1 atom stereocenters. The highest BCUT2D eigenvalue weighted by Gasteiger charge is 2.28. The summed E-state index contributed by atoms with van der Waals surface area (Å²) in [6.45, 7) is 1.74. The molecule has 112 valence electrons. The lowest BCUT2D eigenvalue weighted by molar-refractivity contribution is -0.144. The van der Waals surface area contributed by atoms with E-state index in [9.17, 15) is 9.59 Å². The molecule has 1 saturated carbocycles. The van der Waals surface area contributed by atoms with Crippen LogP contribution in [-0.2, 0) is 14.3 Å². The molecular formula is C16H18BrNO3. The minimum absolute atomic E-state index is 0.159. The zero-order valence-corrected chi connectivity index (χ0v) is 13.4. The third-order valence-electron chi connectivity index (χ3n) is 3.37. The van der Waals surface area contributed by atoms with Crippen molar-refractivity contribution in [2.75, 3.05) is 6.61 Å². The molecule has 2 rings (SSSR count). The minimum Gasteiger partial charge on any atom is -0.452 e. The number of carbonyl (C=O) groups excluding carboxylic acids is 2. The summed E-state index contributed by atoms with van der Waals surface area (Å²) in [6.07, 6.45) is 5.29. The molecule has 1 aromatic carbocycles. The van der Waals surface area contributed by atoms with E-state index in [1.54, 1.807) is 6.08 Å². The van der Waals surface area contributed by atoms with Crippen LogP contribution >= 0.6 is 15.9 Å². The second-order valence-corrected chi connectivity index (χ2v) is 6.01. The Bertz CT molecular complexity index is 552. The van der Waals surface area contributed by atoms with E-state index in [2.05, 4.69) is 21.2 Å². The van der Waals surface area contributed by atoms with Crippen molar-refractivity contribution in [3.63, 3.8) is 0 Å². The van der Waals surface area contributed by atoms with Gasteiger partial charge in [-0.15, -0.1) is 0 Å². The van der Waals surface area contributed by atoms with Gasteiger partial charge in [-0.2, -0.15) is 0 Å².